The van der Waals surface area contributed by atoms with Gasteiger partial charge in [0, 0.05) is 24.7 Å². The first kappa shape index (κ1) is 13.9. The van der Waals surface area contributed by atoms with Gasteiger partial charge in [0.25, 0.3) is 0 Å². The summed E-state index contributed by atoms with van der Waals surface area (Å²) in [4.78, 5) is 2.21. The molecule has 1 fully saturated rings. The molecule has 0 saturated carbocycles. The molecule has 1 heterocycles. The third-order valence-electron chi connectivity index (χ3n) is 2.99. The summed E-state index contributed by atoms with van der Waals surface area (Å²) in [6.45, 7) is 6.16. The summed E-state index contributed by atoms with van der Waals surface area (Å²) >= 11 is 12.2. The van der Waals surface area contributed by atoms with Gasteiger partial charge in [0.05, 0.1) is 22.4 Å². The van der Waals surface area contributed by atoms with Gasteiger partial charge in [0.15, 0.2) is 0 Å². The van der Waals surface area contributed by atoms with Crippen LogP contribution < -0.4 is 10.6 Å². The van der Waals surface area contributed by atoms with Crippen LogP contribution in [0, 0.1) is 0 Å². The molecule has 1 aliphatic heterocycles. The van der Waals surface area contributed by atoms with E-state index < -0.39 is 0 Å². The molecule has 1 aliphatic rings. The van der Waals surface area contributed by atoms with E-state index in [1.807, 2.05) is 12.1 Å². The number of halogens is 2. The van der Waals surface area contributed by atoms with Crippen LogP contribution in [0.3, 0.4) is 0 Å². The van der Waals surface area contributed by atoms with Crippen molar-refractivity contribution in [2.24, 2.45) is 5.73 Å². The molecule has 2 rings (SSSR count). The van der Waals surface area contributed by atoms with Crippen LogP contribution in [-0.2, 0) is 4.74 Å². The second-order valence-electron chi connectivity index (χ2n) is 5.21. The van der Waals surface area contributed by atoms with Gasteiger partial charge in [-0.1, -0.05) is 23.2 Å². The number of hydrogen-bond acceptors (Lipinski definition) is 3. The SMILES string of the molecule is CC1(C)CN(c2ccc(Cl)cc2Cl)CC(CN)O1. The highest BCUT2D eigenvalue weighted by molar-refractivity contribution is 6.36. The Hall–Kier alpha value is -0.480. The minimum absolute atomic E-state index is 0.0282. The molecule has 1 aromatic carbocycles. The molecule has 0 aliphatic carbocycles. The van der Waals surface area contributed by atoms with Crippen molar-refractivity contribution >= 4 is 28.9 Å². The van der Waals surface area contributed by atoms with Crippen LogP contribution >= 0.6 is 23.2 Å². The molecule has 1 aromatic rings. The van der Waals surface area contributed by atoms with Gasteiger partial charge in [-0.3, -0.25) is 0 Å². The summed E-state index contributed by atoms with van der Waals surface area (Å²) in [5, 5.41) is 1.31. The molecule has 1 atom stereocenters. The van der Waals surface area contributed by atoms with Crippen molar-refractivity contribution in [3.8, 4) is 0 Å². The Labute approximate surface area is 118 Å². The van der Waals surface area contributed by atoms with E-state index in [0.29, 0.717) is 16.6 Å². The minimum Gasteiger partial charge on any atom is -0.367 e. The van der Waals surface area contributed by atoms with Crippen molar-refractivity contribution in [3.05, 3.63) is 28.2 Å². The lowest BCUT2D eigenvalue weighted by molar-refractivity contribution is -0.0788. The van der Waals surface area contributed by atoms with Gasteiger partial charge in [-0.05, 0) is 32.0 Å². The molecule has 18 heavy (non-hydrogen) atoms. The average molecular weight is 289 g/mol. The monoisotopic (exact) mass is 288 g/mol. The average Bonchev–Trinajstić information content (AvgIpc) is 2.26. The maximum atomic E-state index is 6.25. The number of benzene rings is 1. The lowest BCUT2D eigenvalue weighted by Gasteiger charge is -2.43. The Balaban J connectivity index is 2.26. The van der Waals surface area contributed by atoms with Crippen molar-refractivity contribution in [3.63, 3.8) is 0 Å². The fourth-order valence-corrected chi connectivity index (χ4v) is 2.87. The number of nitrogens with two attached hydrogens (primary N) is 1. The predicted octanol–water partition coefficient (Wildman–Crippen LogP) is 2.94. The number of anilines is 1. The Bertz CT molecular complexity index is 437. The highest BCUT2D eigenvalue weighted by Gasteiger charge is 2.33. The van der Waals surface area contributed by atoms with Gasteiger partial charge in [-0.25, -0.2) is 0 Å². The van der Waals surface area contributed by atoms with Crippen LogP contribution in [0.15, 0.2) is 18.2 Å². The third-order valence-corrected chi connectivity index (χ3v) is 3.53. The normalized spacial score (nSPS) is 23.2. The smallest absolute Gasteiger partial charge is 0.0879 e. The van der Waals surface area contributed by atoms with E-state index in [1.54, 1.807) is 6.07 Å². The van der Waals surface area contributed by atoms with Gasteiger partial charge in [-0.2, -0.15) is 0 Å². The first-order chi connectivity index (χ1) is 8.41. The van der Waals surface area contributed by atoms with Crippen LogP contribution in [0.5, 0.6) is 0 Å². The first-order valence-corrected chi connectivity index (χ1v) is 6.75. The molecule has 5 heteroatoms. The van der Waals surface area contributed by atoms with Gasteiger partial charge in [0.2, 0.25) is 0 Å². The zero-order valence-corrected chi connectivity index (χ0v) is 12.1. The quantitative estimate of drug-likeness (QED) is 0.909. The van der Waals surface area contributed by atoms with Crippen LogP contribution in [-0.4, -0.2) is 31.3 Å². The summed E-state index contributed by atoms with van der Waals surface area (Å²) < 4.78 is 5.90. The Morgan fingerprint density at radius 1 is 1.44 bits per heavy atom. The van der Waals surface area contributed by atoms with E-state index in [4.69, 9.17) is 33.7 Å². The number of nitrogens with zero attached hydrogens (tertiary/aromatic N) is 1. The molecule has 1 unspecified atom stereocenters. The standard InChI is InChI=1S/C13H18Cl2N2O/c1-13(2)8-17(7-10(6-16)18-13)12-4-3-9(14)5-11(12)15/h3-5,10H,6-8,16H2,1-2H3. The molecule has 0 aromatic heterocycles. The van der Waals surface area contributed by atoms with Gasteiger partial charge >= 0.3 is 0 Å². The summed E-state index contributed by atoms with van der Waals surface area (Å²) in [5.74, 6) is 0. The Kier molecular flexibility index (Phi) is 4.07. The van der Waals surface area contributed by atoms with Crippen molar-refractivity contribution in [2.75, 3.05) is 24.5 Å². The van der Waals surface area contributed by atoms with Crippen molar-refractivity contribution in [1.82, 2.24) is 0 Å². The Morgan fingerprint density at radius 2 is 2.17 bits per heavy atom. The number of ether oxygens (including phenoxy) is 1. The van der Waals surface area contributed by atoms with E-state index in [1.165, 1.54) is 0 Å². The highest BCUT2D eigenvalue weighted by Crippen LogP contribution is 2.32. The minimum atomic E-state index is -0.231. The van der Waals surface area contributed by atoms with Gasteiger partial charge < -0.3 is 15.4 Å². The number of rotatable bonds is 2. The van der Waals surface area contributed by atoms with Crippen LogP contribution in [0.25, 0.3) is 0 Å². The van der Waals surface area contributed by atoms with E-state index >= 15 is 0 Å². The maximum Gasteiger partial charge on any atom is 0.0879 e. The summed E-state index contributed by atoms with van der Waals surface area (Å²) in [7, 11) is 0. The van der Waals surface area contributed by atoms with Crippen LogP contribution in [0.2, 0.25) is 10.0 Å². The van der Waals surface area contributed by atoms with E-state index in [9.17, 15) is 0 Å². The van der Waals surface area contributed by atoms with Gasteiger partial charge in [0.1, 0.15) is 0 Å². The fraction of sp³-hybridized carbons (Fsp3) is 0.538. The van der Waals surface area contributed by atoms with E-state index in [-0.39, 0.29) is 11.7 Å². The fourth-order valence-electron chi connectivity index (χ4n) is 2.34. The summed E-state index contributed by atoms with van der Waals surface area (Å²) in [6.07, 6.45) is 0.0282. The van der Waals surface area contributed by atoms with Crippen LogP contribution in [0.4, 0.5) is 5.69 Å². The largest absolute Gasteiger partial charge is 0.367 e. The lowest BCUT2D eigenvalue weighted by atomic mass is 10.0. The van der Waals surface area contributed by atoms with Crippen molar-refractivity contribution in [1.29, 1.82) is 0 Å². The maximum absolute atomic E-state index is 6.25. The molecule has 2 N–H and O–H groups in total. The topological polar surface area (TPSA) is 38.5 Å². The summed E-state index contributed by atoms with van der Waals surface area (Å²) in [5.41, 5.74) is 6.47. The second-order valence-corrected chi connectivity index (χ2v) is 6.06. The van der Waals surface area contributed by atoms with Gasteiger partial charge in [-0.15, -0.1) is 0 Å². The zero-order chi connectivity index (χ0) is 13.3. The second kappa shape index (κ2) is 5.25. The summed E-state index contributed by atoms with van der Waals surface area (Å²) in [6, 6.07) is 5.56. The lowest BCUT2D eigenvalue weighted by Crippen LogP contribution is -2.55. The molecule has 100 valence electrons. The number of morpholine rings is 1. The molecule has 1 saturated heterocycles. The van der Waals surface area contributed by atoms with E-state index in [2.05, 4.69) is 18.7 Å². The van der Waals surface area contributed by atoms with Crippen LogP contribution in [0.1, 0.15) is 13.8 Å². The van der Waals surface area contributed by atoms with Crippen molar-refractivity contribution < 1.29 is 4.74 Å². The molecule has 3 nitrogen and oxygen atoms in total. The first-order valence-electron chi connectivity index (χ1n) is 5.99. The molecular formula is C13H18Cl2N2O. The predicted molar refractivity (Wildman–Crippen MR) is 76.7 cm³/mol. The molecule has 0 amide bonds. The molecule has 0 radical (unpaired) electrons. The van der Waals surface area contributed by atoms with E-state index in [0.717, 1.165) is 18.8 Å². The highest BCUT2D eigenvalue weighted by atomic mass is 35.5. The zero-order valence-electron chi connectivity index (χ0n) is 10.6. The Morgan fingerprint density at radius 3 is 2.78 bits per heavy atom. The third kappa shape index (κ3) is 3.09. The molecular weight excluding hydrogens is 271 g/mol. The molecule has 0 spiro atoms. The number of hydrogen-bond donors (Lipinski definition) is 1. The van der Waals surface area contributed by atoms with Crippen molar-refractivity contribution in [2.45, 2.75) is 25.6 Å². The molecule has 0 bridgehead atoms.